The predicted molar refractivity (Wildman–Crippen MR) is 65.6 cm³/mol. The van der Waals surface area contributed by atoms with Crippen molar-refractivity contribution in [3.63, 3.8) is 0 Å². The van der Waals surface area contributed by atoms with Gasteiger partial charge in [-0.2, -0.15) is 0 Å². The van der Waals surface area contributed by atoms with Crippen molar-refractivity contribution in [3.8, 4) is 5.75 Å². The Morgan fingerprint density at radius 3 is 2.31 bits per heavy atom. The van der Waals surface area contributed by atoms with Crippen LogP contribution in [-0.2, 0) is 6.54 Å². The predicted octanol–water partition coefficient (Wildman–Crippen LogP) is 1.94. The van der Waals surface area contributed by atoms with Crippen LogP contribution in [0.25, 0.3) is 0 Å². The first kappa shape index (κ1) is 13.0. The highest BCUT2D eigenvalue weighted by Crippen LogP contribution is 2.12. The van der Waals surface area contributed by atoms with Gasteiger partial charge in [0, 0.05) is 12.6 Å². The first-order valence-corrected chi connectivity index (χ1v) is 5.71. The molecule has 3 nitrogen and oxygen atoms in total. The number of benzene rings is 1. The summed E-state index contributed by atoms with van der Waals surface area (Å²) in [6.45, 7) is 7.17. The zero-order valence-corrected chi connectivity index (χ0v) is 10.2. The molecule has 0 saturated carbocycles. The molecule has 0 aliphatic carbocycles. The van der Waals surface area contributed by atoms with E-state index in [9.17, 15) is 0 Å². The lowest BCUT2D eigenvalue weighted by molar-refractivity contribution is 0.122. The maximum Gasteiger partial charge on any atom is 0.119 e. The minimum absolute atomic E-state index is 0.337. The molecular formula is C13H21NO2. The lowest BCUT2D eigenvalue weighted by Crippen LogP contribution is -2.21. The Balaban J connectivity index is 2.41. The van der Waals surface area contributed by atoms with E-state index < -0.39 is 6.10 Å². The van der Waals surface area contributed by atoms with Crippen molar-refractivity contribution < 1.29 is 9.84 Å². The molecule has 1 aromatic carbocycles. The topological polar surface area (TPSA) is 41.5 Å². The van der Waals surface area contributed by atoms with E-state index in [0.717, 1.165) is 12.3 Å². The Hall–Kier alpha value is -1.06. The highest BCUT2D eigenvalue weighted by atomic mass is 16.5. The van der Waals surface area contributed by atoms with Crippen LogP contribution in [0.2, 0.25) is 0 Å². The molecule has 0 aliphatic heterocycles. The fourth-order valence-corrected chi connectivity index (χ4v) is 1.24. The SMILES string of the molecule is CC(O)COc1ccc(CNC(C)C)cc1. The van der Waals surface area contributed by atoms with Crippen molar-refractivity contribution in [1.82, 2.24) is 5.32 Å². The van der Waals surface area contributed by atoms with Gasteiger partial charge in [0.2, 0.25) is 0 Å². The molecule has 0 aromatic heterocycles. The number of hydrogen-bond acceptors (Lipinski definition) is 3. The molecule has 3 heteroatoms. The van der Waals surface area contributed by atoms with Gasteiger partial charge in [-0.15, -0.1) is 0 Å². The summed E-state index contributed by atoms with van der Waals surface area (Å²) in [6.07, 6.45) is -0.428. The third-order valence-corrected chi connectivity index (χ3v) is 2.13. The summed E-state index contributed by atoms with van der Waals surface area (Å²) in [5.41, 5.74) is 1.23. The van der Waals surface area contributed by atoms with Gasteiger partial charge < -0.3 is 15.2 Å². The second-order valence-electron chi connectivity index (χ2n) is 4.34. The van der Waals surface area contributed by atoms with Gasteiger partial charge in [0.1, 0.15) is 12.4 Å². The largest absolute Gasteiger partial charge is 0.491 e. The summed E-state index contributed by atoms with van der Waals surface area (Å²) >= 11 is 0. The Labute approximate surface area is 97.4 Å². The van der Waals surface area contributed by atoms with E-state index in [1.807, 2.05) is 24.3 Å². The Kier molecular flexibility index (Phi) is 5.29. The summed E-state index contributed by atoms with van der Waals surface area (Å²) in [7, 11) is 0. The average molecular weight is 223 g/mol. The summed E-state index contributed by atoms with van der Waals surface area (Å²) < 4.78 is 5.38. The molecule has 1 atom stereocenters. The Morgan fingerprint density at radius 1 is 1.19 bits per heavy atom. The van der Waals surface area contributed by atoms with Crippen LogP contribution in [0.3, 0.4) is 0 Å². The molecule has 0 amide bonds. The molecule has 2 N–H and O–H groups in total. The van der Waals surface area contributed by atoms with Crippen LogP contribution in [0.5, 0.6) is 5.75 Å². The fraction of sp³-hybridized carbons (Fsp3) is 0.538. The Bertz CT molecular complexity index is 262. The zero-order chi connectivity index (χ0) is 12.0. The van der Waals surface area contributed by atoms with E-state index in [1.165, 1.54) is 5.56 Å². The quantitative estimate of drug-likeness (QED) is 0.774. The van der Waals surface area contributed by atoms with E-state index in [4.69, 9.17) is 9.84 Å². The maximum absolute atomic E-state index is 9.08. The van der Waals surface area contributed by atoms with E-state index in [0.29, 0.717) is 12.6 Å². The van der Waals surface area contributed by atoms with Crippen LogP contribution in [0, 0.1) is 0 Å². The van der Waals surface area contributed by atoms with Crippen molar-refractivity contribution in [3.05, 3.63) is 29.8 Å². The van der Waals surface area contributed by atoms with Gasteiger partial charge in [-0.05, 0) is 24.6 Å². The summed E-state index contributed by atoms with van der Waals surface area (Å²) in [5, 5.41) is 12.4. The molecule has 1 rings (SSSR count). The molecule has 90 valence electrons. The summed E-state index contributed by atoms with van der Waals surface area (Å²) in [5.74, 6) is 0.800. The first-order chi connectivity index (χ1) is 7.58. The highest BCUT2D eigenvalue weighted by Gasteiger charge is 1.99. The molecular weight excluding hydrogens is 202 g/mol. The second kappa shape index (κ2) is 6.51. The minimum Gasteiger partial charge on any atom is -0.491 e. The maximum atomic E-state index is 9.08. The number of aliphatic hydroxyl groups is 1. The molecule has 0 aliphatic rings. The van der Waals surface area contributed by atoms with Crippen LogP contribution in [-0.4, -0.2) is 23.9 Å². The zero-order valence-electron chi connectivity index (χ0n) is 10.2. The number of ether oxygens (including phenoxy) is 1. The van der Waals surface area contributed by atoms with E-state index >= 15 is 0 Å². The molecule has 0 bridgehead atoms. The van der Waals surface area contributed by atoms with Crippen molar-refractivity contribution >= 4 is 0 Å². The number of nitrogens with one attached hydrogen (secondary N) is 1. The Morgan fingerprint density at radius 2 is 1.81 bits per heavy atom. The molecule has 1 unspecified atom stereocenters. The van der Waals surface area contributed by atoms with Gasteiger partial charge in [-0.25, -0.2) is 0 Å². The first-order valence-electron chi connectivity index (χ1n) is 5.71. The molecule has 0 heterocycles. The molecule has 0 saturated heterocycles. The van der Waals surface area contributed by atoms with Crippen LogP contribution < -0.4 is 10.1 Å². The van der Waals surface area contributed by atoms with Crippen LogP contribution >= 0.6 is 0 Å². The summed E-state index contributed by atoms with van der Waals surface area (Å²) in [6, 6.07) is 8.42. The highest BCUT2D eigenvalue weighted by molar-refractivity contribution is 5.27. The number of aliphatic hydroxyl groups excluding tert-OH is 1. The lowest BCUT2D eigenvalue weighted by atomic mass is 10.2. The second-order valence-corrected chi connectivity index (χ2v) is 4.34. The van der Waals surface area contributed by atoms with E-state index in [1.54, 1.807) is 6.92 Å². The van der Waals surface area contributed by atoms with Crippen LogP contribution in [0.15, 0.2) is 24.3 Å². The average Bonchev–Trinajstić information content (AvgIpc) is 2.25. The normalized spacial score (nSPS) is 12.8. The lowest BCUT2D eigenvalue weighted by Gasteiger charge is -2.10. The van der Waals surface area contributed by atoms with E-state index in [2.05, 4.69) is 19.2 Å². The van der Waals surface area contributed by atoms with E-state index in [-0.39, 0.29) is 0 Å². The van der Waals surface area contributed by atoms with Gasteiger partial charge >= 0.3 is 0 Å². The molecule has 16 heavy (non-hydrogen) atoms. The van der Waals surface area contributed by atoms with Gasteiger partial charge in [-0.3, -0.25) is 0 Å². The molecule has 0 fully saturated rings. The standard InChI is InChI=1S/C13H21NO2/c1-10(2)14-8-12-4-6-13(7-5-12)16-9-11(3)15/h4-7,10-11,14-15H,8-9H2,1-3H3. The monoisotopic (exact) mass is 223 g/mol. The number of hydrogen-bond donors (Lipinski definition) is 2. The van der Waals surface area contributed by atoms with Crippen molar-refractivity contribution in [2.24, 2.45) is 0 Å². The van der Waals surface area contributed by atoms with Gasteiger partial charge in [0.15, 0.2) is 0 Å². The summed E-state index contributed by atoms with van der Waals surface area (Å²) in [4.78, 5) is 0. The van der Waals surface area contributed by atoms with Crippen molar-refractivity contribution in [2.45, 2.75) is 39.5 Å². The van der Waals surface area contributed by atoms with Crippen molar-refractivity contribution in [1.29, 1.82) is 0 Å². The molecule has 1 aromatic rings. The van der Waals surface area contributed by atoms with Gasteiger partial charge in [0.05, 0.1) is 6.10 Å². The fourth-order valence-electron chi connectivity index (χ4n) is 1.24. The van der Waals surface area contributed by atoms with Crippen LogP contribution in [0.4, 0.5) is 0 Å². The number of rotatable bonds is 6. The third-order valence-electron chi connectivity index (χ3n) is 2.13. The smallest absolute Gasteiger partial charge is 0.119 e. The van der Waals surface area contributed by atoms with Gasteiger partial charge in [-0.1, -0.05) is 26.0 Å². The van der Waals surface area contributed by atoms with Gasteiger partial charge in [0.25, 0.3) is 0 Å². The van der Waals surface area contributed by atoms with Crippen LogP contribution in [0.1, 0.15) is 26.3 Å². The van der Waals surface area contributed by atoms with Crippen molar-refractivity contribution in [2.75, 3.05) is 6.61 Å². The minimum atomic E-state index is -0.428. The molecule has 0 radical (unpaired) electrons. The third kappa shape index (κ3) is 5.14. The molecule has 0 spiro atoms.